The van der Waals surface area contributed by atoms with Gasteiger partial charge >= 0.3 is 0 Å². The van der Waals surface area contributed by atoms with E-state index in [0.29, 0.717) is 24.1 Å². The van der Waals surface area contributed by atoms with E-state index in [9.17, 15) is 0 Å². The van der Waals surface area contributed by atoms with Gasteiger partial charge in [-0.05, 0) is 19.9 Å². The molecule has 0 aliphatic heterocycles. The molecule has 2 aromatic heterocycles. The van der Waals surface area contributed by atoms with Crippen LogP contribution in [-0.4, -0.2) is 21.4 Å². The van der Waals surface area contributed by atoms with Gasteiger partial charge in [0.15, 0.2) is 5.82 Å². The number of nitrogens with two attached hydrogens (primary N) is 1. The van der Waals surface area contributed by atoms with E-state index in [-0.39, 0.29) is 0 Å². The predicted molar refractivity (Wildman–Crippen MR) is 61.7 cm³/mol. The van der Waals surface area contributed by atoms with Crippen LogP contribution in [0.3, 0.4) is 0 Å². The molecule has 16 heavy (non-hydrogen) atoms. The van der Waals surface area contributed by atoms with Gasteiger partial charge in [0.25, 0.3) is 0 Å². The van der Waals surface area contributed by atoms with Crippen molar-refractivity contribution in [2.24, 2.45) is 0 Å². The summed E-state index contributed by atoms with van der Waals surface area (Å²) < 4.78 is 6.97. The first-order valence-electron chi connectivity index (χ1n) is 5.12. The van der Waals surface area contributed by atoms with Crippen molar-refractivity contribution in [3.05, 3.63) is 30.0 Å². The molecule has 84 valence electrons. The molecule has 0 saturated heterocycles. The molecular weight excluding hydrogens is 204 g/mol. The van der Waals surface area contributed by atoms with Crippen molar-refractivity contribution >= 4 is 5.82 Å². The van der Waals surface area contributed by atoms with Crippen LogP contribution in [0.1, 0.15) is 12.5 Å². The first kappa shape index (κ1) is 10.5. The van der Waals surface area contributed by atoms with Crippen molar-refractivity contribution in [1.29, 1.82) is 0 Å². The zero-order valence-corrected chi connectivity index (χ0v) is 9.34. The number of ether oxygens (including phenoxy) is 1. The molecule has 0 aromatic carbocycles. The predicted octanol–water partition coefficient (Wildman–Crippen LogP) is 1.56. The lowest BCUT2D eigenvalue weighted by atomic mass is 10.4. The van der Waals surface area contributed by atoms with Crippen molar-refractivity contribution in [1.82, 2.24) is 14.8 Å². The van der Waals surface area contributed by atoms with Crippen molar-refractivity contribution in [2.45, 2.75) is 13.8 Å². The van der Waals surface area contributed by atoms with Crippen LogP contribution in [0.4, 0.5) is 5.82 Å². The summed E-state index contributed by atoms with van der Waals surface area (Å²) in [6.07, 6.45) is 1.84. The number of anilines is 1. The topological polar surface area (TPSA) is 66.0 Å². The van der Waals surface area contributed by atoms with Gasteiger partial charge in [0.2, 0.25) is 5.88 Å². The summed E-state index contributed by atoms with van der Waals surface area (Å²) in [5.74, 6) is 1.81. The Morgan fingerprint density at radius 2 is 2.25 bits per heavy atom. The minimum Gasteiger partial charge on any atom is -0.478 e. The Kier molecular flexibility index (Phi) is 2.76. The van der Waals surface area contributed by atoms with Crippen LogP contribution in [0.5, 0.6) is 5.88 Å². The minimum atomic E-state index is 0.517. The molecule has 0 amide bonds. The van der Waals surface area contributed by atoms with Crippen LogP contribution >= 0.6 is 0 Å². The van der Waals surface area contributed by atoms with Gasteiger partial charge in [0.1, 0.15) is 5.82 Å². The highest BCUT2D eigenvalue weighted by molar-refractivity contribution is 5.39. The van der Waals surface area contributed by atoms with E-state index in [1.165, 1.54) is 0 Å². The van der Waals surface area contributed by atoms with Gasteiger partial charge in [-0.15, -0.1) is 5.10 Å². The van der Waals surface area contributed by atoms with Gasteiger partial charge in [-0.2, -0.15) is 4.98 Å². The Labute approximate surface area is 93.9 Å². The normalized spacial score (nSPS) is 10.4. The van der Waals surface area contributed by atoms with Crippen LogP contribution < -0.4 is 10.5 Å². The number of hydrogen-bond donors (Lipinski definition) is 1. The van der Waals surface area contributed by atoms with Crippen LogP contribution in [0, 0.1) is 6.92 Å². The average molecular weight is 218 g/mol. The number of nitrogen functional groups attached to an aromatic ring is 1. The Hall–Kier alpha value is -2.04. The summed E-state index contributed by atoms with van der Waals surface area (Å²) in [6, 6.07) is 5.54. The van der Waals surface area contributed by atoms with E-state index >= 15 is 0 Å². The van der Waals surface area contributed by atoms with E-state index in [2.05, 4.69) is 10.1 Å². The maximum atomic E-state index is 5.68. The first-order valence-corrected chi connectivity index (χ1v) is 5.12. The minimum absolute atomic E-state index is 0.517. The molecule has 2 N–H and O–H groups in total. The molecule has 0 unspecified atom stereocenters. The largest absolute Gasteiger partial charge is 0.478 e. The molecule has 0 radical (unpaired) electrons. The molecule has 2 rings (SSSR count). The second-order valence-corrected chi connectivity index (χ2v) is 3.41. The molecule has 0 bridgehead atoms. The molecule has 0 aliphatic carbocycles. The van der Waals surface area contributed by atoms with Gasteiger partial charge in [-0.25, -0.2) is 4.68 Å². The fraction of sp³-hybridized carbons (Fsp3) is 0.273. The van der Waals surface area contributed by atoms with Gasteiger partial charge in [-0.3, -0.25) is 0 Å². The lowest BCUT2D eigenvalue weighted by Crippen LogP contribution is -2.01. The summed E-state index contributed by atoms with van der Waals surface area (Å²) in [5, 5.41) is 4.16. The fourth-order valence-corrected chi connectivity index (χ4v) is 1.35. The molecule has 0 aliphatic rings. The Balaban J connectivity index is 2.36. The fourth-order valence-electron chi connectivity index (χ4n) is 1.35. The molecule has 2 heterocycles. The average Bonchev–Trinajstić information content (AvgIpc) is 2.60. The van der Waals surface area contributed by atoms with Crippen molar-refractivity contribution in [3.8, 4) is 11.7 Å². The van der Waals surface area contributed by atoms with Crippen molar-refractivity contribution in [2.75, 3.05) is 12.3 Å². The Morgan fingerprint density at radius 1 is 1.44 bits per heavy atom. The Bertz CT molecular complexity index is 473. The Morgan fingerprint density at radius 3 is 2.88 bits per heavy atom. The van der Waals surface area contributed by atoms with Crippen LogP contribution in [0.25, 0.3) is 5.82 Å². The number of pyridine rings is 1. The van der Waals surface area contributed by atoms with E-state index in [4.69, 9.17) is 10.5 Å². The molecule has 2 aromatic rings. The summed E-state index contributed by atoms with van der Waals surface area (Å²) in [6.45, 7) is 4.42. The highest BCUT2D eigenvalue weighted by Crippen LogP contribution is 2.14. The highest BCUT2D eigenvalue weighted by atomic mass is 16.5. The van der Waals surface area contributed by atoms with Gasteiger partial charge < -0.3 is 10.5 Å². The smallest absolute Gasteiger partial charge is 0.215 e. The second-order valence-electron chi connectivity index (χ2n) is 3.41. The van der Waals surface area contributed by atoms with E-state index < -0.39 is 0 Å². The van der Waals surface area contributed by atoms with E-state index in [1.54, 1.807) is 4.68 Å². The van der Waals surface area contributed by atoms with Gasteiger partial charge in [0.05, 0.1) is 6.61 Å². The standard InChI is InChI=1S/C11H14N4O/c1-3-16-10-6-4-5-9(13-10)15-7-8(2)11(12)14-15/h4-7H,3H2,1-2H3,(H2,12,14). The molecule has 5 nitrogen and oxygen atoms in total. The van der Waals surface area contributed by atoms with Gasteiger partial charge in [0, 0.05) is 17.8 Å². The van der Waals surface area contributed by atoms with E-state index in [1.807, 2.05) is 38.2 Å². The SMILES string of the molecule is CCOc1cccc(-n2cc(C)c(N)n2)n1. The molecular formula is C11H14N4O. The molecule has 0 spiro atoms. The number of aryl methyl sites for hydroxylation is 1. The zero-order chi connectivity index (χ0) is 11.5. The first-order chi connectivity index (χ1) is 7.70. The highest BCUT2D eigenvalue weighted by Gasteiger charge is 2.05. The molecule has 0 atom stereocenters. The summed E-state index contributed by atoms with van der Waals surface area (Å²) in [4.78, 5) is 4.31. The van der Waals surface area contributed by atoms with E-state index in [0.717, 1.165) is 5.56 Å². The third-order valence-electron chi connectivity index (χ3n) is 2.17. The maximum Gasteiger partial charge on any atom is 0.215 e. The lowest BCUT2D eigenvalue weighted by molar-refractivity contribution is 0.326. The van der Waals surface area contributed by atoms with Crippen molar-refractivity contribution in [3.63, 3.8) is 0 Å². The molecule has 5 heteroatoms. The third kappa shape index (κ3) is 1.98. The summed E-state index contributed by atoms with van der Waals surface area (Å²) in [7, 11) is 0. The van der Waals surface area contributed by atoms with Gasteiger partial charge in [-0.1, -0.05) is 6.07 Å². The third-order valence-corrected chi connectivity index (χ3v) is 2.17. The number of aromatic nitrogens is 3. The lowest BCUT2D eigenvalue weighted by Gasteiger charge is -2.04. The number of hydrogen-bond acceptors (Lipinski definition) is 4. The molecule has 0 fully saturated rings. The quantitative estimate of drug-likeness (QED) is 0.849. The van der Waals surface area contributed by atoms with Crippen LogP contribution in [-0.2, 0) is 0 Å². The van der Waals surface area contributed by atoms with Crippen LogP contribution in [0.2, 0.25) is 0 Å². The van der Waals surface area contributed by atoms with Crippen LogP contribution in [0.15, 0.2) is 24.4 Å². The second kappa shape index (κ2) is 4.22. The summed E-state index contributed by atoms with van der Waals surface area (Å²) >= 11 is 0. The monoisotopic (exact) mass is 218 g/mol. The zero-order valence-electron chi connectivity index (χ0n) is 9.34. The number of nitrogens with zero attached hydrogens (tertiary/aromatic N) is 3. The molecule has 0 saturated carbocycles. The van der Waals surface area contributed by atoms with Crippen molar-refractivity contribution < 1.29 is 4.74 Å². The number of rotatable bonds is 3. The summed E-state index contributed by atoms with van der Waals surface area (Å²) in [5.41, 5.74) is 6.62. The maximum absolute atomic E-state index is 5.68.